The van der Waals surface area contributed by atoms with Crippen LogP contribution in [-0.4, -0.2) is 58.9 Å². The van der Waals surface area contributed by atoms with Crippen molar-refractivity contribution >= 4 is 11.7 Å². The van der Waals surface area contributed by atoms with Crippen LogP contribution in [0, 0.1) is 16.7 Å². The van der Waals surface area contributed by atoms with Gasteiger partial charge < -0.3 is 20.1 Å². The predicted octanol–water partition coefficient (Wildman–Crippen LogP) is 0.365. The lowest BCUT2D eigenvalue weighted by Gasteiger charge is -2.48. The van der Waals surface area contributed by atoms with Crippen molar-refractivity contribution in [3.8, 4) is 6.07 Å². The summed E-state index contributed by atoms with van der Waals surface area (Å²) in [5.74, 6) is 0.570. The number of ether oxygens (including phenoxy) is 1. The molecule has 1 atom stereocenters. The van der Waals surface area contributed by atoms with E-state index < -0.39 is 5.60 Å². The standard InChI is InChI=1S/C18H23N5O3/c19-10-14-20-6-1-15(22-14)23-11-13(21-16(24)18(25)2-3-18)9-17(12-23)4-7-26-8-5-17/h1,6,13,25H,2-5,7-9,11-12H2,(H,21,24). The third-order valence-electron chi connectivity index (χ3n) is 5.75. The van der Waals surface area contributed by atoms with E-state index in [1.165, 1.54) is 0 Å². The van der Waals surface area contributed by atoms with E-state index in [2.05, 4.69) is 20.2 Å². The van der Waals surface area contributed by atoms with Crippen LogP contribution >= 0.6 is 0 Å². The fourth-order valence-electron chi connectivity index (χ4n) is 4.07. The summed E-state index contributed by atoms with van der Waals surface area (Å²) >= 11 is 0. The number of nitrogens with zero attached hydrogens (tertiary/aromatic N) is 4. The van der Waals surface area contributed by atoms with Crippen molar-refractivity contribution in [3.63, 3.8) is 0 Å². The zero-order valence-corrected chi connectivity index (χ0v) is 14.6. The Morgan fingerprint density at radius 2 is 2.15 bits per heavy atom. The molecule has 1 aromatic heterocycles. The number of carbonyl (C=O) groups excluding carboxylic acids is 1. The summed E-state index contributed by atoms with van der Waals surface area (Å²) in [6.07, 6.45) is 5.38. The maximum atomic E-state index is 12.3. The summed E-state index contributed by atoms with van der Waals surface area (Å²) in [6, 6.07) is 3.71. The molecular weight excluding hydrogens is 334 g/mol. The number of nitriles is 1. The number of carbonyl (C=O) groups is 1. The molecule has 138 valence electrons. The lowest BCUT2D eigenvalue weighted by molar-refractivity contribution is -0.132. The monoisotopic (exact) mass is 357 g/mol. The van der Waals surface area contributed by atoms with Gasteiger partial charge in [0.1, 0.15) is 17.5 Å². The quantitative estimate of drug-likeness (QED) is 0.803. The SMILES string of the molecule is N#Cc1nccc(N2CC(NC(=O)C3(O)CC3)CC3(CCOCC3)C2)n1. The van der Waals surface area contributed by atoms with Gasteiger partial charge in [-0.1, -0.05) is 0 Å². The van der Waals surface area contributed by atoms with E-state index >= 15 is 0 Å². The first-order valence-corrected chi connectivity index (χ1v) is 9.11. The van der Waals surface area contributed by atoms with Crippen LogP contribution in [0.2, 0.25) is 0 Å². The van der Waals surface area contributed by atoms with Crippen molar-refractivity contribution in [3.05, 3.63) is 18.1 Å². The minimum absolute atomic E-state index is 0.0401. The molecule has 2 saturated heterocycles. The average molecular weight is 357 g/mol. The molecule has 4 rings (SSSR count). The number of hydrogen-bond acceptors (Lipinski definition) is 7. The van der Waals surface area contributed by atoms with Crippen molar-refractivity contribution < 1.29 is 14.6 Å². The Hall–Kier alpha value is -2.24. The second-order valence-corrected chi connectivity index (χ2v) is 7.75. The molecule has 1 amide bonds. The van der Waals surface area contributed by atoms with Crippen LogP contribution < -0.4 is 10.2 Å². The Morgan fingerprint density at radius 1 is 1.38 bits per heavy atom. The molecular formula is C18H23N5O3. The van der Waals surface area contributed by atoms with Gasteiger partial charge in [-0.2, -0.15) is 5.26 Å². The van der Waals surface area contributed by atoms with E-state index in [4.69, 9.17) is 10.00 Å². The predicted molar refractivity (Wildman–Crippen MR) is 92.2 cm³/mol. The van der Waals surface area contributed by atoms with E-state index in [9.17, 15) is 9.90 Å². The van der Waals surface area contributed by atoms with Crippen molar-refractivity contribution in [2.45, 2.75) is 43.7 Å². The van der Waals surface area contributed by atoms with Gasteiger partial charge >= 0.3 is 0 Å². The summed E-state index contributed by atoms with van der Waals surface area (Å²) in [5, 5.41) is 22.2. The molecule has 0 bridgehead atoms. The smallest absolute Gasteiger partial charge is 0.252 e. The molecule has 3 heterocycles. The van der Waals surface area contributed by atoms with Crippen LogP contribution in [-0.2, 0) is 9.53 Å². The van der Waals surface area contributed by atoms with Crippen LogP contribution in [0.5, 0.6) is 0 Å². The van der Waals surface area contributed by atoms with Crippen LogP contribution in [0.1, 0.15) is 37.9 Å². The molecule has 2 aliphatic heterocycles. The Bertz CT molecular complexity index is 737. The molecule has 2 N–H and O–H groups in total. The van der Waals surface area contributed by atoms with Gasteiger partial charge in [0.2, 0.25) is 5.82 Å². The average Bonchev–Trinajstić information content (AvgIpc) is 3.41. The van der Waals surface area contributed by atoms with Gasteiger partial charge in [0, 0.05) is 38.5 Å². The molecule has 3 fully saturated rings. The van der Waals surface area contributed by atoms with Gasteiger partial charge in [-0.25, -0.2) is 9.97 Å². The molecule has 1 aromatic rings. The van der Waals surface area contributed by atoms with Gasteiger partial charge in [0.05, 0.1) is 0 Å². The molecule has 8 nitrogen and oxygen atoms in total. The van der Waals surface area contributed by atoms with Crippen LogP contribution in [0.3, 0.4) is 0 Å². The highest BCUT2D eigenvalue weighted by molar-refractivity contribution is 5.88. The molecule has 1 spiro atoms. The highest BCUT2D eigenvalue weighted by Gasteiger charge is 2.50. The van der Waals surface area contributed by atoms with E-state index in [0.717, 1.165) is 25.8 Å². The number of piperidine rings is 1. The highest BCUT2D eigenvalue weighted by atomic mass is 16.5. The Balaban J connectivity index is 1.57. The van der Waals surface area contributed by atoms with Crippen LogP contribution in [0.25, 0.3) is 0 Å². The number of aromatic nitrogens is 2. The highest BCUT2D eigenvalue weighted by Crippen LogP contribution is 2.41. The molecule has 1 saturated carbocycles. The second kappa shape index (κ2) is 6.49. The topological polar surface area (TPSA) is 111 Å². The van der Waals surface area contributed by atoms with Crippen molar-refractivity contribution in [2.75, 3.05) is 31.2 Å². The van der Waals surface area contributed by atoms with Gasteiger partial charge in [0.15, 0.2) is 0 Å². The zero-order chi connectivity index (χ0) is 18.2. The van der Waals surface area contributed by atoms with Gasteiger partial charge in [-0.15, -0.1) is 0 Å². The maximum Gasteiger partial charge on any atom is 0.252 e. The number of anilines is 1. The molecule has 3 aliphatic rings. The molecule has 0 radical (unpaired) electrons. The maximum absolute atomic E-state index is 12.3. The second-order valence-electron chi connectivity index (χ2n) is 7.75. The number of rotatable bonds is 3. The summed E-state index contributed by atoms with van der Waals surface area (Å²) < 4.78 is 5.54. The van der Waals surface area contributed by atoms with Gasteiger partial charge in [-0.05, 0) is 43.6 Å². The summed E-state index contributed by atoms with van der Waals surface area (Å²) in [7, 11) is 0. The lowest BCUT2D eigenvalue weighted by Crippen LogP contribution is -2.58. The van der Waals surface area contributed by atoms with Crippen molar-refractivity contribution in [2.24, 2.45) is 5.41 Å². The van der Waals surface area contributed by atoms with E-state index in [1.54, 1.807) is 12.3 Å². The van der Waals surface area contributed by atoms with E-state index in [-0.39, 0.29) is 23.2 Å². The lowest BCUT2D eigenvalue weighted by atomic mass is 9.72. The van der Waals surface area contributed by atoms with Crippen molar-refractivity contribution in [1.82, 2.24) is 15.3 Å². The zero-order valence-electron chi connectivity index (χ0n) is 14.6. The summed E-state index contributed by atoms with van der Waals surface area (Å²) in [4.78, 5) is 22.7. The van der Waals surface area contributed by atoms with Crippen molar-refractivity contribution in [1.29, 1.82) is 5.26 Å². The third-order valence-corrected chi connectivity index (χ3v) is 5.75. The molecule has 1 unspecified atom stereocenters. The number of nitrogens with one attached hydrogen (secondary N) is 1. The van der Waals surface area contributed by atoms with Gasteiger partial charge in [0.25, 0.3) is 5.91 Å². The Kier molecular flexibility index (Phi) is 4.29. The molecule has 8 heteroatoms. The molecule has 26 heavy (non-hydrogen) atoms. The molecule has 0 aromatic carbocycles. The minimum Gasteiger partial charge on any atom is -0.381 e. The number of hydrogen-bond donors (Lipinski definition) is 2. The van der Waals surface area contributed by atoms with E-state index in [0.29, 0.717) is 38.4 Å². The van der Waals surface area contributed by atoms with E-state index in [1.807, 2.05) is 6.07 Å². The fraction of sp³-hybridized carbons (Fsp3) is 0.667. The first-order valence-electron chi connectivity index (χ1n) is 9.11. The minimum atomic E-state index is -1.17. The summed E-state index contributed by atoms with van der Waals surface area (Å²) in [5.41, 5.74) is -1.13. The molecule has 1 aliphatic carbocycles. The Morgan fingerprint density at radius 3 is 2.85 bits per heavy atom. The van der Waals surface area contributed by atoms with Gasteiger partial charge in [-0.3, -0.25) is 4.79 Å². The third kappa shape index (κ3) is 3.37. The first kappa shape index (κ1) is 17.2. The first-order chi connectivity index (χ1) is 12.5. The van der Waals surface area contributed by atoms with Crippen LogP contribution in [0.4, 0.5) is 5.82 Å². The summed E-state index contributed by atoms with van der Waals surface area (Å²) in [6.45, 7) is 2.85. The largest absolute Gasteiger partial charge is 0.381 e. The number of aliphatic hydroxyl groups is 1. The number of amides is 1. The normalized spacial score (nSPS) is 26.2. The fourth-order valence-corrected chi connectivity index (χ4v) is 4.07. The van der Waals surface area contributed by atoms with Crippen LogP contribution in [0.15, 0.2) is 12.3 Å². The Labute approximate surface area is 152 Å².